The van der Waals surface area contributed by atoms with E-state index in [0.717, 1.165) is 6.29 Å². The van der Waals surface area contributed by atoms with E-state index in [2.05, 4.69) is 15.9 Å². The average molecular weight is 279 g/mol. The van der Waals surface area contributed by atoms with Gasteiger partial charge in [0.1, 0.15) is 5.82 Å². The maximum atomic E-state index is 13.5. The lowest BCUT2D eigenvalue weighted by molar-refractivity contribution is 0.112. The summed E-state index contributed by atoms with van der Waals surface area (Å²) in [7, 11) is 0. The average Bonchev–Trinajstić information content (AvgIpc) is 2.31. The molecule has 3 heteroatoms. The Morgan fingerprint density at radius 3 is 2.56 bits per heavy atom. The highest BCUT2D eigenvalue weighted by Crippen LogP contribution is 2.26. The zero-order chi connectivity index (χ0) is 11.5. The Bertz CT molecular complexity index is 537. The molecule has 16 heavy (non-hydrogen) atoms. The van der Waals surface area contributed by atoms with Crippen LogP contribution in [-0.4, -0.2) is 6.29 Å². The van der Waals surface area contributed by atoms with Gasteiger partial charge in [-0.3, -0.25) is 4.79 Å². The Morgan fingerprint density at radius 2 is 1.88 bits per heavy atom. The van der Waals surface area contributed by atoms with Crippen molar-refractivity contribution >= 4 is 22.2 Å². The molecule has 0 bridgehead atoms. The number of carbonyl (C=O) groups is 1. The van der Waals surface area contributed by atoms with Crippen LogP contribution in [0.2, 0.25) is 0 Å². The Hall–Kier alpha value is -1.48. The number of rotatable bonds is 2. The Balaban J connectivity index is 2.57. The van der Waals surface area contributed by atoms with Gasteiger partial charge in [-0.2, -0.15) is 0 Å². The highest BCUT2D eigenvalue weighted by Gasteiger charge is 2.06. The molecule has 0 fully saturated rings. The van der Waals surface area contributed by atoms with E-state index < -0.39 is 0 Å². The SMILES string of the molecule is O=Cc1cc(-c2ccccc2F)ccc1Br. The van der Waals surface area contributed by atoms with Crippen molar-refractivity contribution in [3.05, 3.63) is 58.3 Å². The Kier molecular flexibility index (Phi) is 3.15. The Morgan fingerprint density at radius 1 is 1.12 bits per heavy atom. The van der Waals surface area contributed by atoms with Crippen molar-refractivity contribution in [3.8, 4) is 11.1 Å². The van der Waals surface area contributed by atoms with Gasteiger partial charge >= 0.3 is 0 Å². The molecule has 0 spiro atoms. The summed E-state index contributed by atoms with van der Waals surface area (Å²) in [4.78, 5) is 10.8. The molecule has 0 amide bonds. The summed E-state index contributed by atoms with van der Waals surface area (Å²) in [6.45, 7) is 0. The van der Waals surface area contributed by atoms with Crippen molar-refractivity contribution in [2.75, 3.05) is 0 Å². The van der Waals surface area contributed by atoms with E-state index in [0.29, 0.717) is 21.2 Å². The molecule has 0 heterocycles. The van der Waals surface area contributed by atoms with E-state index in [4.69, 9.17) is 0 Å². The molecule has 80 valence electrons. The minimum atomic E-state index is -0.290. The van der Waals surface area contributed by atoms with Crippen molar-refractivity contribution in [3.63, 3.8) is 0 Å². The summed E-state index contributed by atoms with van der Waals surface area (Å²) in [6, 6.07) is 11.7. The molecule has 2 aromatic carbocycles. The van der Waals surface area contributed by atoms with Crippen LogP contribution in [0, 0.1) is 5.82 Å². The summed E-state index contributed by atoms with van der Waals surface area (Å²) < 4.78 is 14.2. The van der Waals surface area contributed by atoms with Crippen LogP contribution in [0.25, 0.3) is 11.1 Å². The molecular formula is C13H8BrFO. The molecule has 0 atom stereocenters. The number of aldehydes is 1. The van der Waals surface area contributed by atoms with Crippen LogP contribution in [0.1, 0.15) is 10.4 Å². The third-order valence-electron chi connectivity index (χ3n) is 2.31. The number of carbonyl (C=O) groups excluding carboxylic acids is 1. The van der Waals surface area contributed by atoms with Gasteiger partial charge in [-0.15, -0.1) is 0 Å². The van der Waals surface area contributed by atoms with Crippen LogP contribution < -0.4 is 0 Å². The quantitative estimate of drug-likeness (QED) is 0.757. The second-order valence-corrected chi connectivity index (χ2v) is 4.19. The molecule has 0 saturated carbocycles. The van der Waals surface area contributed by atoms with Crippen molar-refractivity contribution in [2.24, 2.45) is 0 Å². The second-order valence-electron chi connectivity index (χ2n) is 3.33. The van der Waals surface area contributed by atoms with E-state index in [1.54, 1.807) is 36.4 Å². The number of halogens is 2. The van der Waals surface area contributed by atoms with Crippen molar-refractivity contribution in [1.29, 1.82) is 0 Å². The third kappa shape index (κ3) is 2.04. The summed E-state index contributed by atoms with van der Waals surface area (Å²) in [6.07, 6.45) is 0.744. The first-order chi connectivity index (χ1) is 7.72. The molecule has 2 rings (SSSR count). The fourth-order valence-electron chi connectivity index (χ4n) is 1.50. The first-order valence-electron chi connectivity index (χ1n) is 4.72. The standard InChI is InChI=1S/C13H8BrFO/c14-12-6-5-9(7-10(12)8-16)11-3-1-2-4-13(11)15/h1-8H. The van der Waals surface area contributed by atoms with Crippen LogP contribution in [-0.2, 0) is 0 Å². The zero-order valence-electron chi connectivity index (χ0n) is 8.28. The van der Waals surface area contributed by atoms with Gasteiger partial charge < -0.3 is 0 Å². The van der Waals surface area contributed by atoms with Gasteiger partial charge in [-0.1, -0.05) is 40.2 Å². The topological polar surface area (TPSA) is 17.1 Å². The summed E-state index contributed by atoms with van der Waals surface area (Å²) in [5, 5.41) is 0. The maximum Gasteiger partial charge on any atom is 0.151 e. The molecule has 2 aromatic rings. The lowest BCUT2D eigenvalue weighted by Crippen LogP contribution is -1.87. The molecule has 0 radical (unpaired) electrons. The predicted octanol–water partition coefficient (Wildman–Crippen LogP) is 4.07. The lowest BCUT2D eigenvalue weighted by atomic mass is 10.0. The molecule has 0 aliphatic heterocycles. The van der Waals surface area contributed by atoms with Gasteiger partial charge in [0, 0.05) is 15.6 Å². The summed E-state index contributed by atoms with van der Waals surface area (Å²) >= 11 is 3.26. The molecule has 0 aromatic heterocycles. The van der Waals surface area contributed by atoms with E-state index in [1.165, 1.54) is 6.07 Å². The van der Waals surface area contributed by atoms with Crippen LogP contribution in [0.3, 0.4) is 0 Å². The molecule has 0 aliphatic carbocycles. The van der Waals surface area contributed by atoms with Crippen LogP contribution >= 0.6 is 15.9 Å². The van der Waals surface area contributed by atoms with Gasteiger partial charge in [0.15, 0.2) is 6.29 Å². The molecule has 0 aliphatic rings. The van der Waals surface area contributed by atoms with Crippen molar-refractivity contribution in [2.45, 2.75) is 0 Å². The fraction of sp³-hybridized carbons (Fsp3) is 0. The highest BCUT2D eigenvalue weighted by molar-refractivity contribution is 9.10. The highest BCUT2D eigenvalue weighted by atomic mass is 79.9. The van der Waals surface area contributed by atoms with Crippen LogP contribution in [0.15, 0.2) is 46.9 Å². The minimum Gasteiger partial charge on any atom is -0.298 e. The molecule has 0 N–H and O–H groups in total. The molecule has 0 unspecified atom stereocenters. The van der Waals surface area contributed by atoms with Crippen molar-refractivity contribution in [1.82, 2.24) is 0 Å². The lowest BCUT2D eigenvalue weighted by Gasteiger charge is -2.05. The summed E-state index contributed by atoms with van der Waals surface area (Å²) in [5.74, 6) is -0.290. The minimum absolute atomic E-state index is 0.290. The molecule has 1 nitrogen and oxygen atoms in total. The first kappa shape index (κ1) is 11.0. The van der Waals surface area contributed by atoms with Gasteiger partial charge in [0.25, 0.3) is 0 Å². The third-order valence-corrected chi connectivity index (χ3v) is 3.03. The van der Waals surface area contributed by atoms with Gasteiger partial charge in [-0.25, -0.2) is 4.39 Å². The number of hydrogen-bond acceptors (Lipinski definition) is 1. The normalized spacial score (nSPS) is 10.1. The van der Waals surface area contributed by atoms with Crippen LogP contribution in [0.5, 0.6) is 0 Å². The second kappa shape index (κ2) is 4.58. The maximum absolute atomic E-state index is 13.5. The zero-order valence-corrected chi connectivity index (χ0v) is 9.87. The number of hydrogen-bond donors (Lipinski definition) is 0. The first-order valence-corrected chi connectivity index (χ1v) is 5.51. The monoisotopic (exact) mass is 278 g/mol. The molecule has 0 saturated heterocycles. The van der Waals surface area contributed by atoms with Gasteiger partial charge in [-0.05, 0) is 23.8 Å². The van der Waals surface area contributed by atoms with E-state index in [9.17, 15) is 9.18 Å². The van der Waals surface area contributed by atoms with E-state index >= 15 is 0 Å². The number of benzene rings is 2. The smallest absolute Gasteiger partial charge is 0.151 e. The fourth-order valence-corrected chi connectivity index (χ4v) is 1.84. The Labute approximate surface area is 101 Å². The van der Waals surface area contributed by atoms with E-state index in [1.807, 2.05) is 0 Å². The van der Waals surface area contributed by atoms with Crippen LogP contribution in [0.4, 0.5) is 4.39 Å². The van der Waals surface area contributed by atoms with Crippen molar-refractivity contribution < 1.29 is 9.18 Å². The van der Waals surface area contributed by atoms with Gasteiger partial charge in [0.2, 0.25) is 0 Å². The molecular weight excluding hydrogens is 271 g/mol. The predicted molar refractivity (Wildman–Crippen MR) is 64.9 cm³/mol. The van der Waals surface area contributed by atoms with E-state index in [-0.39, 0.29) is 5.82 Å². The van der Waals surface area contributed by atoms with Gasteiger partial charge in [0.05, 0.1) is 0 Å². The largest absolute Gasteiger partial charge is 0.298 e. The summed E-state index contributed by atoms with van der Waals surface area (Å²) in [5.41, 5.74) is 1.71.